The molecule has 2 atom stereocenters. The molecule has 1 aromatic rings. The van der Waals surface area contributed by atoms with E-state index in [2.05, 4.69) is 22.5 Å². The van der Waals surface area contributed by atoms with Crippen LogP contribution in [0.25, 0.3) is 0 Å². The first-order chi connectivity index (χ1) is 11.3. The van der Waals surface area contributed by atoms with E-state index >= 15 is 0 Å². The van der Waals surface area contributed by atoms with Crippen molar-refractivity contribution < 1.29 is 13.9 Å². The molecule has 2 unspecified atom stereocenters. The third-order valence-electron chi connectivity index (χ3n) is 3.77. The molecule has 1 saturated heterocycles. The number of methoxy groups -OCH3 is 1. The van der Waals surface area contributed by atoms with E-state index in [-0.39, 0.29) is 12.1 Å². The SMILES string of the molecule is COCC(C)NC(=NCC1CCCCO1)NCCc1ccco1. The van der Waals surface area contributed by atoms with Crippen molar-refractivity contribution in [3.8, 4) is 0 Å². The molecule has 1 aliphatic rings. The first-order valence-corrected chi connectivity index (χ1v) is 8.45. The molecule has 2 heterocycles. The Morgan fingerprint density at radius 2 is 2.39 bits per heavy atom. The summed E-state index contributed by atoms with van der Waals surface area (Å²) >= 11 is 0. The molecule has 1 aliphatic heterocycles. The molecule has 0 aliphatic carbocycles. The summed E-state index contributed by atoms with van der Waals surface area (Å²) < 4.78 is 16.3. The monoisotopic (exact) mass is 323 g/mol. The first kappa shape index (κ1) is 17.8. The zero-order valence-electron chi connectivity index (χ0n) is 14.2. The van der Waals surface area contributed by atoms with Crippen LogP contribution in [0.2, 0.25) is 0 Å². The predicted molar refractivity (Wildman–Crippen MR) is 90.8 cm³/mol. The Morgan fingerprint density at radius 1 is 1.48 bits per heavy atom. The highest BCUT2D eigenvalue weighted by Crippen LogP contribution is 2.12. The van der Waals surface area contributed by atoms with E-state index in [9.17, 15) is 0 Å². The molecule has 130 valence electrons. The molecule has 0 amide bonds. The summed E-state index contributed by atoms with van der Waals surface area (Å²) in [5.41, 5.74) is 0. The third-order valence-corrected chi connectivity index (χ3v) is 3.77. The minimum Gasteiger partial charge on any atom is -0.469 e. The van der Waals surface area contributed by atoms with E-state index in [1.165, 1.54) is 6.42 Å². The Labute approximate surface area is 138 Å². The highest BCUT2D eigenvalue weighted by atomic mass is 16.5. The maximum absolute atomic E-state index is 5.74. The van der Waals surface area contributed by atoms with Crippen LogP contribution in [0, 0.1) is 0 Å². The van der Waals surface area contributed by atoms with Gasteiger partial charge in [0.15, 0.2) is 5.96 Å². The summed E-state index contributed by atoms with van der Waals surface area (Å²) in [6, 6.07) is 4.08. The van der Waals surface area contributed by atoms with Crippen molar-refractivity contribution in [1.29, 1.82) is 0 Å². The van der Waals surface area contributed by atoms with Gasteiger partial charge in [-0.15, -0.1) is 0 Å². The Bertz CT molecular complexity index is 442. The number of guanidine groups is 1. The van der Waals surface area contributed by atoms with Gasteiger partial charge in [-0.05, 0) is 38.3 Å². The second-order valence-electron chi connectivity index (χ2n) is 5.93. The summed E-state index contributed by atoms with van der Waals surface area (Å²) in [7, 11) is 1.70. The molecule has 6 nitrogen and oxygen atoms in total. The molecule has 0 bridgehead atoms. The first-order valence-electron chi connectivity index (χ1n) is 8.45. The lowest BCUT2D eigenvalue weighted by molar-refractivity contribution is 0.0224. The van der Waals surface area contributed by atoms with Crippen LogP contribution in [-0.2, 0) is 15.9 Å². The normalized spacial score (nSPS) is 20.3. The van der Waals surface area contributed by atoms with Crippen LogP contribution in [0.5, 0.6) is 0 Å². The average molecular weight is 323 g/mol. The van der Waals surface area contributed by atoms with E-state index in [0.717, 1.165) is 44.1 Å². The van der Waals surface area contributed by atoms with Gasteiger partial charge in [-0.25, -0.2) is 0 Å². The van der Waals surface area contributed by atoms with Crippen LogP contribution in [0.4, 0.5) is 0 Å². The van der Waals surface area contributed by atoms with Gasteiger partial charge in [0.25, 0.3) is 0 Å². The van der Waals surface area contributed by atoms with Crippen LogP contribution in [-0.4, -0.2) is 51.5 Å². The molecule has 2 rings (SSSR count). The van der Waals surface area contributed by atoms with Crippen molar-refractivity contribution in [2.24, 2.45) is 4.99 Å². The molecule has 0 saturated carbocycles. The maximum atomic E-state index is 5.74. The predicted octanol–water partition coefficient (Wildman–Crippen LogP) is 1.96. The van der Waals surface area contributed by atoms with Gasteiger partial charge in [0.1, 0.15) is 5.76 Å². The van der Waals surface area contributed by atoms with E-state index in [1.807, 2.05) is 12.1 Å². The number of rotatable bonds is 8. The Balaban J connectivity index is 1.81. The summed E-state index contributed by atoms with van der Waals surface area (Å²) in [6.45, 7) is 5.03. The van der Waals surface area contributed by atoms with Gasteiger partial charge in [-0.1, -0.05) is 0 Å². The van der Waals surface area contributed by atoms with E-state index in [1.54, 1.807) is 13.4 Å². The fourth-order valence-corrected chi connectivity index (χ4v) is 2.58. The van der Waals surface area contributed by atoms with Crippen molar-refractivity contribution in [1.82, 2.24) is 10.6 Å². The number of hydrogen-bond donors (Lipinski definition) is 2. The fourth-order valence-electron chi connectivity index (χ4n) is 2.58. The summed E-state index contributed by atoms with van der Waals surface area (Å²) in [5, 5.41) is 6.72. The third kappa shape index (κ3) is 7.05. The molecule has 23 heavy (non-hydrogen) atoms. The van der Waals surface area contributed by atoms with Gasteiger partial charge in [-0.3, -0.25) is 4.99 Å². The number of hydrogen-bond acceptors (Lipinski definition) is 4. The highest BCUT2D eigenvalue weighted by Gasteiger charge is 2.14. The van der Waals surface area contributed by atoms with Gasteiger partial charge in [0.05, 0.1) is 25.5 Å². The number of nitrogens with one attached hydrogen (secondary N) is 2. The van der Waals surface area contributed by atoms with Crippen LogP contribution < -0.4 is 10.6 Å². The molecule has 1 aromatic heterocycles. The van der Waals surface area contributed by atoms with Gasteiger partial charge in [0, 0.05) is 32.7 Å². The van der Waals surface area contributed by atoms with Gasteiger partial charge < -0.3 is 24.5 Å². The second kappa shape index (κ2) is 10.3. The van der Waals surface area contributed by atoms with Crippen LogP contribution in [0.15, 0.2) is 27.8 Å². The lowest BCUT2D eigenvalue weighted by Crippen LogP contribution is -2.45. The van der Waals surface area contributed by atoms with Crippen molar-refractivity contribution in [3.05, 3.63) is 24.2 Å². The Kier molecular flexibility index (Phi) is 7.97. The highest BCUT2D eigenvalue weighted by molar-refractivity contribution is 5.80. The summed E-state index contributed by atoms with van der Waals surface area (Å²) in [4.78, 5) is 4.67. The molecule has 2 N–H and O–H groups in total. The van der Waals surface area contributed by atoms with Crippen molar-refractivity contribution in [2.75, 3.05) is 33.4 Å². The average Bonchev–Trinajstić information content (AvgIpc) is 3.07. The standard InChI is InChI=1S/C17H29N3O3/c1-14(13-21-2)20-17(18-9-8-15-7-5-11-22-15)19-12-16-6-3-4-10-23-16/h5,7,11,14,16H,3-4,6,8-10,12-13H2,1-2H3,(H2,18,19,20). The van der Waals surface area contributed by atoms with Gasteiger partial charge in [0.2, 0.25) is 0 Å². The summed E-state index contributed by atoms with van der Waals surface area (Å²) in [6.07, 6.45) is 6.25. The van der Waals surface area contributed by atoms with Gasteiger partial charge in [-0.2, -0.15) is 0 Å². The largest absolute Gasteiger partial charge is 0.469 e. The van der Waals surface area contributed by atoms with E-state index < -0.39 is 0 Å². The van der Waals surface area contributed by atoms with Gasteiger partial charge >= 0.3 is 0 Å². The van der Waals surface area contributed by atoms with Crippen LogP contribution >= 0.6 is 0 Å². The molecule has 6 heteroatoms. The Hall–Kier alpha value is -1.53. The number of furan rings is 1. The van der Waals surface area contributed by atoms with Crippen molar-refractivity contribution >= 4 is 5.96 Å². The molecular weight excluding hydrogens is 294 g/mol. The molecule has 0 spiro atoms. The van der Waals surface area contributed by atoms with Crippen LogP contribution in [0.1, 0.15) is 31.9 Å². The van der Waals surface area contributed by atoms with E-state index in [0.29, 0.717) is 13.2 Å². The van der Waals surface area contributed by atoms with Crippen molar-refractivity contribution in [3.63, 3.8) is 0 Å². The molecule has 0 aromatic carbocycles. The smallest absolute Gasteiger partial charge is 0.191 e. The zero-order chi connectivity index (χ0) is 16.3. The van der Waals surface area contributed by atoms with E-state index in [4.69, 9.17) is 13.9 Å². The minimum absolute atomic E-state index is 0.196. The van der Waals surface area contributed by atoms with Crippen LogP contribution in [0.3, 0.4) is 0 Å². The maximum Gasteiger partial charge on any atom is 0.191 e. The van der Waals surface area contributed by atoms with Crippen molar-refractivity contribution in [2.45, 2.75) is 44.8 Å². The number of nitrogens with zero attached hydrogens (tertiary/aromatic N) is 1. The Morgan fingerprint density at radius 3 is 3.09 bits per heavy atom. The zero-order valence-corrected chi connectivity index (χ0v) is 14.2. The topological polar surface area (TPSA) is 68.0 Å². The second-order valence-corrected chi connectivity index (χ2v) is 5.93. The fraction of sp³-hybridized carbons (Fsp3) is 0.706. The quantitative estimate of drug-likeness (QED) is 0.565. The minimum atomic E-state index is 0.196. The molecular formula is C17H29N3O3. The molecule has 0 radical (unpaired) electrons. The lowest BCUT2D eigenvalue weighted by atomic mass is 10.1. The number of ether oxygens (including phenoxy) is 2. The molecule has 1 fully saturated rings. The summed E-state index contributed by atoms with van der Waals surface area (Å²) in [5.74, 6) is 1.77. The number of aliphatic imine (C=N–C) groups is 1. The lowest BCUT2D eigenvalue weighted by Gasteiger charge is -2.22.